The summed E-state index contributed by atoms with van der Waals surface area (Å²) in [6.45, 7) is 0. The SMILES string of the molecule is COc1ccc(-c2nn(C)nc2-c2ccc(Br)cc2)cc1. The summed E-state index contributed by atoms with van der Waals surface area (Å²) in [6, 6.07) is 15.9. The van der Waals surface area contributed by atoms with Crippen LogP contribution in [0.2, 0.25) is 0 Å². The van der Waals surface area contributed by atoms with E-state index in [0.29, 0.717) is 0 Å². The highest BCUT2D eigenvalue weighted by atomic mass is 79.9. The normalized spacial score (nSPS) is 10.6. The second-order valence-corrected chi connectivity index (χ2v) is 5.54. The number of hydrogen-bond acceptors (Lipinski definition) is 3. The molecule has 0 saturated heterocycles. The lowest BCUT2D eigenvalue weighted by molar-refractivity contribution is 0.415. The number of aromatic nitrogens is 3. The molecule has 0 fully saturated rings. The topological polar surface area (TPSA) is 39.9 Å². The van der Waals surface area contributed by atoms with E-state index in [1.165, 1.54) is 0 Å². The molecule has 3 rings (SSSR count). The molecule has 0 N–H and O–H groups in total. The highest BCUT2D eigenvalue weighted by Gasteiger charge is 2.14. The Balaban J connectivity index is 2.08. The molecule has 0 bridgehead atoms. The maximum absolute atomic E-state index is 5.19. The molecule has 0 unspecified atom stereocenters. The van der Waals surface area contributed by atoms with Gasteiger partial charge in [-0.1, -0.05) is 28.1 Å². The van der Waals surface area contributed by atoms with Crippen LogP contribution in [0.3, 0.4) is 0 Å². The van der Waals surface area contributed by atoms with Gasteiger partial charge in [-0.2, -0.15) is 15.0 Å². The van der Waals surface area contributed by atoms with Gasteiger partial charge in [-0.15, -0.1) is 0 Å². The third-order valence-corrected chi connectivity index (χ3v) is 3.72. The molecule has 106 valence electrons. The van der Waals surface area contributed by atoms with Crippen molar-refractivity contribution in [3.05, 3.63) is 53.0 Å². The molecule has 0 radical (unpaired) electrons. The monoisotopic (exact) mass is 343 g/mol. The molecular weight excluding hydrogens is 330 g/mol. The van der Waals surface area contributed by atoms with Crippen LogP contribution in [0.5, 0.6) is 5.75 Å². The summed E-state index contributed by atoms with van der Waals surface area (Å²) in [5.74, 6) is 0.827. The molecule has 0 saturated carbocycles. The molecule has 1 heterocycles. The van der Waals surface area contributed by atoms with Crippen molar-refractivity contribution >= 4 is 15.9 Å². The lowest BCUT2D eigenvalue weighted by atomic mass is 10.1. The van der Waals surface area contributed by atoms with Crippen molar-refractivity contribution in [1.82, 2.24) is 15.0 Å². The Kier molecular flexibility index (Phi) is 3.75. The van der Waals surface area contributed by atoms with E-state index in [-0.39, 0.29) is 0 Å². The molecule has 2 aromatic carbocycles. The van der Waals surface area contributed by atoms with Crippen LogP contribution in [-0.4, -0.2) is 22.1 Å². The van der Waals surface area contributed by atoms with Gasteiger partial charge in [0.25, 0.3) is 0 Å². The molecule has 1 aromatic heterocycles. The van der Waals surface area contributed by atoms with E-state index < -0.39 is 0 Å². The van der Waals surface area contributed by atoms with Crippen molar-refractivity contribution in [3.8, 4) is 28.3 Å². The summed E-state index contributed by atoms with van der Waals surface area (Å²) in [7, 11) is 3.49. The van der Waals surface area contributed by atoms with Crippen molar-refractivity contribution in [2.75, 3.05) is 7.11 Å². The molecule has 0 amide bonds. The van der Waals surface area contributed by atoms with Gasteiger partial charge in [-0.3, -0.25) is 0 Å². The van der Waals surface area contributed by atoms with Gasteiger partial charge in [-0.05, 0) is 36.4 Å². The minimum Gasteiger partial charge on any atom is -0.497 e. The summed E-state index contributed by atoms with van der Waals surface area (Å²) in [4.78, 5) is 1.59. The van der Waals surface area contributed by atoms with Crippen LogP contribution in [0.4, 0.5) is 0 Å². The Morgan fingerprint density at radius 2 is 1.33 bits per heavy atom. The van der Waals surface area contributed by atoms with Crippen molar-refractivity contribution in [2.45, 2.75) is 0 Å². The molecule has 0 aliphatic heterocycles. The molecule has 5 heteroatoms. The summed E-state index contributed by atoms with van der Waals surface area (Å²) < 4.78 is 6.23. The summed E-state index contributed by atoms with van der Waals surface area (Å²) in [6.07, 6.45) is 0. The fourth-order valence-corrected chi connectivity index (χ4v) is 2.42. The van der Waals surface area contributed by atoms with E-state index in [2.05, 4.69) is 26.1 Å². The van der Waals surface area contributed by atoms with Crippen molar-refractivity contribution < 1.29 is 4.74 Å². The van der Waals surface area contributed by atoms with Gasteiger partial charge >= 0.3 is 0 Å². The molecule has 21 heavy (non-hydrogen) atoms. The largest absolute Gasteiger partial charge is 0.497 e. The van der Waals surface area contributed by atoms with E-state index in [4.69, 9.17) is 4.74 Å². The summed E-state index contributed by atoms with van der Waals surface area (Å²) in [5.41, 5.74) is 3.79. The standard InChI is InChI=1S/C16H14BrN3O/c1-20-18-15(11-3-7-13(17)8-4-11)16(19-20)12-5-9-14(21-2)10-6-12/h3-10H,1-2H3. The van der Waals surface area contributed by atoms with Gasteiger partial charge in [-0.25, -0.2) is 0 Å². The van der Waals surface area contributed by atoms with E-state index in [1.54, 1.807) is 11.9 Å². The van der Waals surface area contributed by atoms with Crippen LogP contribution < -0.4 is 4.74 Å². The highest BCUT2D eigenvalue weighted by molar-refractivity contribution is 9.10. The summed E-state index contributed by atoms with van der Waals surface area (Å²) in [5, 5.41) is 8.98. The van der Waals surface area contributed by atoms with Gasteiger partial charge < -0.3 is 4.74 Å². The third-order valence-electron chi connectivity index (χ3n) is 3.19. The van der Waals surface area contributed by atoms with Gasteiger partial charge in [0.05, 0.1) is 7.11 Å². The van der Waals surface area contributed by atoms with Crippen molar-refractivity contribution in [2.24, 2.45) is 7.05 Å². The average Bonchev–Trinajstić information content (AvgIpc) is 2.90. The smallest absolute Gasteiger partial charge is 0.121 e. The number of nitrogens with zero attached hydrogens (tertiary/aromatic N) is 3. The zero-order valence-corrected chi connectivity index (χ0v) is 13.3. The third kappa shape index (κ3) is 2.83. The van der Waals surface area contributed by atoms with Gasteiger partial charge in [0.15, 0.2) is 0 Å². The Morgan fingerprint density at radius 1 is 0.857 bits per heavy atom. The Hall–Kier alpha value is -2.14. The van der Waals surface area contributed by atoms with Crippen LogP contribution in [0.25, 0.3) is 22.5 Å². The quantitative estimate of drug-likeness (QED) is 0.723. The van der Waals surface area contributed by atoms with E-state index >= 15 is 0 Å². The fourth-order valence-electron chi connectivity index (χ4n) is 2.15. The first-order valence-corrected chi connectivity index (χ1v) is 7.28. The second kappa shape index (κ2) is 5.69. The van der Waals surface area contributed by atoms with Crippen molar-refractivity contribution in [1.29, 1.82) is 0 Å². The summed E-state index contributed by atoms with van der Waals surface area (Å²) >= 11 is 3.45. The van der Waals surface area contributed by atoms with E-state index in [9.17, 15) is 0 Å². The fraction of sp³-hybridized carbons (Fsp3) is 0.125. The van der Waals surface area contributed by atoms with E-state index in [0.717, 1.165) is 32.7 Å². The first kappa shape index (κ1) is 13.8. The lowest BCUT2D eigenvalue weighted by Gasteiger charge is -2.03. The number of halogens is 1. The number of rotatable bonds is 3. The van der Waals surface area contributed by atoms with Crippen molar-refractivity contribution in [3.63, 3.8) is 0 Å². The minimum atomic E-state index is 0.827. The molecular formula is C16H14BrN3O. The molecule has 0 aliphatic rings. The van der Waals surface area contributed by atoms with E-state index in [1.807, 2.05) is 55.6 Å². The van der Waals surface area contributed by atoms with Crippen LogP contribution >= 0.6 is 15.9 Å². The Labute approximate surface area is 131 Å². The maximum atomic E-state index is 5.19. The minimum absolute atomic E-state index is 0.827. The Bertz CT molecular complexity index is 748. The lowest BCUT2D eigenvalue weighted by Crippen LogP contribution is -1.92. The van der Waals surface area contributed by atoms with Gasteiger partial charge in [0.2, 0.25) is 0 Å². The molecule has 0 spiro atoms. The number of hydrogen-bond donors (Lipinski definition) is 0. The van der Waals surface area contributed by atoms with Gasteiger partial charge in [0, 0.05) is 22.6 Å². The number of methoxy groups -OCH3 is 1. The number of ether oxygens (including phenoxy) is 1. The zero-order valence-electron chi connectivity index (χ0n) is 11.7. The number of benzene rings is 2. The Morgan fingerprint density at radius 3 is 1.81 bits per heavy atom. The zero-order chi connectivity index (χ0) is 14.8. The highest BCUT2D eigenvalue weighted by Crippen LogP contribution is 2.30. The first-order chi connectivity index (χ1) is 10.2. The average molecular weight is 344 g/mol. The molecule has 0 atom stereocenters. The first-order valence-electron chi connectivity index (χ1n) is 6.49. The van der Waals surface area contributed by atoms with Crippen LogP contribution in [0, 0.1) is 0 Å². The van der Waals surface area contributed by atoms with Crippen LogP contribution in [0.1, 0.15) is 0 Å². The second-order valence-electron chi connectivity index (χ2n) is 4.62. The predicted octanol–water partition coefficient (Wildman–Crippen LogP) is 3.92. The van der Waals surface area contributed by atoms with Crippen LogP contribution in [-0.2, 0) is 7.05 Å². The molecule has 3 aromatic rings. The van der Waals surface area contributed by atoms with Gasteiger partial charge in [0.1, 0.15) is 17.1 Å². The molecule has 0 aliphatic carbocycles. The maximum Gasteiger partial charge on any atom is 0.121 e. The molecule has 4 nitrogen and oxygen atoms in total. The number of aryl methyl sites for hydroxylation is 1. The predicted molar refractivity (Wildman–Crippen MR) is 86.1 cm³/mol. The van der Waals surface area contributed by atoms with Crippen LogP contribution in [0.15, 0.2) is 53.0 Å².